The van der Waals surface area contributed by atoms with Crippen LogP contribution in [0, 0.1) is 11.8 Å². The number of hydrogen-bond donors (Lipinski definition) is 3. The maximum absolute atomic E-state index is 14.3. The van der Waals surface area contributed by atoms with Crippen molar-refractivity contribution in [3.63, 3.8) is 0 Å². The summed E-state index contributed by atoms with van der Waals surface area (Å²) in [6, 6.07) is 5.80. The number of amides is 4. The van der Waals surface area contributed by atoms with Crippen molar-refractivity contribution in [3.05, 3.63) is 71.7 Å². The Balaban J connectivity index is 1.38. The van der Waals surface area contributed by atoms with Crippen LogP contribution in [0.2, 0.25) is 0 Å². The molecule has 2 aromatic rings. The van der Waals surface area contributed by atoms with E-state index in [9.17, 15) is 32.4 Å². The highest BCUT2D eigenvalue weighted by Crippen LogP contribution is 2.45. The molecule has 272 valence electrons. The molecule has 5 atom stereocenters. The van der Waals surface area contributed by atoms with Gasteiger partial charge in [0.2, 0.25) is 21.8 Å². The Kier molecular flexibility index (Phi) is 10.1. The predicted molar refractivity (Wildman–Crippen MR) is 185 cm³/mol. The van der Waals surface area contributed by atoms with E-state index < -0.39 is 80.1 Å². The van der Waals surface area contributed by atoms with Gasteiger partial charge < -0.3 is 25.0 Å². The van der Waals surface area contributed by atoms with Crippen molar-refractivity contribution < 1.29 is 37.1 Å². The molecule has 2 unspecified atom stereocenters. The normalized spacial score (nSPS) is 27.3. The van der Waals surface area contributed by atoms with Crippen molar-refractivity contribution in [1.29, 1.82) is 0 Å². The van der Waals surface area contributed by atoms with Crippen LogP contribution in [0.15, 0.2) is 66.1 Å². The zero-order chi connectivity index (χ0) is 36.5. The Hall–Kier alpha value is -4.99. The molecule has 1 aromatic heterocycles. The van der Waals surface area contributed by atoms with Crippen LogP contribution < -0.4 is 25.7 Å². The van der Waals surface area contributed by atoms with Crippen LogP contribution in [0.1, 0.15) is 52.0 Å². The number of nitrogens with one attached hydrogen (secondary N) is 3. The first-order valence-corrected chi connectivity index (χ1v) is 18.6. The molecule has 15 nitrogen and oxygen atoms in total. The van der Waals surface area contributed by atoms with Gasteiger partial charge in [0.1, 0.15) is 24.2 Å². The van der Waals surface area contributed by atoms with Gasteiger partial charge in [-0.3, -0.25) is 23.9 Å². The zero-order valence-electron chi connectivity index (χ0n) is 28.4. The van der Waals surface area contributed by atoms with Crippen LogP contribution in [0.5, 0.6) is 5.75 Å². The number of aromatic nitrogens is 2. The van der Waals surface area contributed by atoms with E-state index in [4.69, 9.17) is 9.47 Å². The SMILES string of the molecule is C=CC1CC1(NC(=O)[C@@H]1C[C@@H]2CN1C(=O)[C@H](C(C)C)NC(=O)OC/C=C/CCOc1cnn2c(=O)c1-c1ccccc1)C(=O)NS(=O)(=O)C1CC1. The summed E-state index contributed by atoms with van der Waals surface area (Å²) in [5.41, 5.74) is -1.24. The number of ether oxygens (including phenoxy) is 2. The lowest BCUT2D eigenvalue weighted by molar-refractivity contribution is -0.141. The van der Waals surface area contributed by atoms with Gasteiger partial charge in [0.05, 0.1) is 29.7 Å². The number of carbonyl (C=O) groups excluding carboxylic acids is 4. The summed E-state index contributed by atoms with van der Waals surface area (Å²) in [6.07, 6.45) is 6.83. The number of benzene rings is 1. The first-order valence-electron chi connectivity index (χ1n) is 17.1. The van der Waals surface area contributed by atoms with Gasteiger partial charge in [0.25, 0.3) is 11.5 Å². The standard InChI is InChI=1S/C35H42N6O9S/c1-4-23-18-35(23,33(45)39-51(47,48)25-13-14-25)38-30(42)26-17-24-20-40(26)32(44)29(21(2)3)37-34(46)50-16-10-6-9-15-49-27-19-36-41(24)31(43)28(27)22-11-7-5-8-12-22/h4-8,10-12,19,21,23-26,29H,1,9,13-18,20H2,2-3H3,(H,37,46)(H,38,42)(H,39,45)/b10-6+/t23?,24-,26+,29+,35?/m1/s1. The second-order valence-electron chi connectivity index (χ2n) is 13.7. The zero-order valence-corrected chi connectivity index (χ0v) is 29.3. The summed E-state index contributed by atoms with van der Waals surface area (Å²) in [5.74, 6) is -2.95. The Labute approximate surface area is 295 Å². The molecule has 3 N–H and O–H groups in total. The second kappa shape index (κ2) is 14.3. The van der Waals surface area contributed by atoms with Crippen LogP contribution >= 0.6 is 0 Å². The van der Waals surface area contributed by atoms with E-state index in [1.54, 1.807) is 50.3 Å². The van der Waals surface area contributed by atoms with Crippen molar-refractivity contribution in [2.24, 2.45) is 11.8 Å². The highest BCUT2D eigenvalue weighted by molar-refractivity contribution is 7.91. The molecule has 5 aliphatic rings. The molecular weight excluding hydrogens is 680 g/mol. The van der Waals surface area contributed by atoms with Crippen LogP contribution in [0.4, 0.5) is 4.79 Å². The fraction of sp³-hybridized carbons (Fsp3) is 0.486. The second-order valence-corrected chi connectivity index (χ2v) is 15.6. The molecule has 7 rings (SSSR count). The summed E-state index contributed by atoms with van der Waals surface area (Å²) in [7, 11) is -3.92. The minimum absolute atomic E-state index is 0.0698. The maximum atomic E-state index is 14.3. The Morgan fingerprint density at radius 2 is 1.86 bits per heavy atom. The van der Waals surface area contributed by atoms with E-state index in [0.717, 1.165) is 0 Å². The fourth-order valence-electron chi connectivity index (χ4n) is 6.60. The smallest absolute Gasteiger partial charge is 0.408 e. The van der Waals surface area contributed by atoms with Gasteiger partial charge in [0.15, 0.2) is 5.75 Å². The number of hydrogen-bond acceptors (Lipinski definition) is 10. The average molecular weight is 723 g/mol. The maximum Gasteiger partial charge on any atom is 0.408 e. The first kappa shape index (κ1) is 35.8. The molecule has 2 saturated carbocycles. The molecule has 1 saturated heterocycles. The Bertz CT molecular complexity index is 1910. The lowest BCUT2D eigenvalue weighted by atomic mass is 10.0. The van der Waals surface area contributed by atoms with Crippen LogP contribution in [0.3, 0.4) is 0 Å². The molecule has 16 heteroatoms. The van der Waals surface area contributed by atoms with Crippen LogP contribution in [-0.4, -0.2) is 89.5 Å². The van der Waals surface area contributed by atoms with Gasteiger partial charge in [-0.25, -0.2) is 17.9 Å². The van der Waals surface area contributed by atoms with E-state index in [-0.39, 0.29) is 43.9 Å². The van der Waals surface area contributed by atoms with Crippen molar-refractivity contribution in [2.75, 3.05) is 19.8 Å². The number of rotatable bonds is 8. The molecule has 3 fully saturated rings. The Morgan fingerprint density at radius 3 is 2.53 bits per heavy atom. The molecule has 0 spiro atoms. The summed E-state index contributed by atoms with van der Waals surface area (Å²) in [4.78, 5) is 70.2. The van der Waals surface area contributed by atoms with E-state index in [0.29, 0.717) is 24.8 Å². The van der Waals surface area contributed by atoms with E-state index in [1.807, 2.05) is 6.07 Å². The third-order valence-corrected chi connectivity index (χ3v) is 11.5. The number of alkyl carbamates (subject to hydrolysis) is 1. The monoisotopic (exact) mass is 722 g/mol. The molecule has 4 heterocycles. The van der Waals surface area contributed by atoms with Gasteiger partial charge in [-0.05, 0) is 37.2 Å². The highest BCUT2D eigenvalue weighted by atomic mass is 32.2. The van der Waals surface area contributed by atoms with Crippen LogP contribution in [0.25, 0.3) is 11.1 Å². The third kappa shape index (κ3) is 7.41. The molecule has 51 heavy (non-hydrogen) atoms. The van der Waals surface area contributed by atoms with Crippen LogP contribution in [-0.2, 0) is 29.1 Å². The topological polar surface area (TPSA) is 195 Å². The van der Waals surface area contributed by atoms with Gasteiger partial charge in [0, 0.05) is 18.9 Å². The summed E-state index contributed by atoms with van der Waals surface area (Å²) >= 11 is 0. The number of nitrogens with zero attached hydrogens (tertiary/aromatic N) is 3. The predicted octanol–water partition coefficient (Wildman–Crippen LogP) is 1.81. The van der Waals surface area contributed by atoms with Gasteiger partial charge >= 0.3 is 6.09 Å². The summed E-state index contributed by atoms with van der Waals surface area (Å²) in [6.45, 7) is 7.20. The van der Waals surface area contributed by atoms with E-state index >= 15 is 0 Å². The molecule has 0 radical (unpaired) electrons. The third-order valence-electron chi connectivity index (χ3n) is 9.72. The average Bonchev–Trinajstić information content (AvgIpc) is 4.03. The number of sulfonamides is 1. The van der Waals surface area contributed by atoms with E-state index in [1.165, 1.54) is 21.9 Å². The van der Waals surface area contributed by atoms with Crippen molar-refractivity contribution in [1.82, 2.24) is 30.0 Å². The molecule has 2 aliphatic carbocycles. The Morgan fingerprint density at radius 1 is 1.12 bits per heavy atom. The minimum atomic E-state index is -3.92. The van der Waals surface area contributed by atoms with E-state index in [2.05, 4.69) is 27.0 Å². The summed E-state index contributed by atoms with van der Waals surface area (Å²) < 4.78 is 39.9. The lowest BCUT2D eigenvalue weighted by Gasteiger charge is -2.31. The molecule has 3 aliphatic heterocycles. The lowest BCUT2D eigenvalue weighted by Crippen LogP contribution is -2.59. The first-order chi connectivity index (χ1) is 24.4. The summed E-state index contributed by atoms with van der Waals surface area (Å²) in [5, 5.41) is 9.13. The van der Waals surface area contributed by atoms with Crippen molar-refractivity contribution >= 4 is 33.8 Å². The van der Waals surface area contributed by atoms with Gasteiger partial charge in [-0.2, -0.15) is 5.10 Å². The van der Waals surface area contributed by atoms with Crippen molar-refractivity contribution in [3.8, 4) is 16.9 Å². The molecule has 4 bridgehead atoms. The number of fused-ring (bicyclic) bond motifs is 11. The molecule has 4 amide bonds. The fourth-order valence-corrected chi connectivity index (χ4v) is 7.97. The van der Waals surface area contributed by atoms with Gasteiger partial charge in [-0.1, -0.05) is 62.4 Å². The highest BCUT2D eigenvalue weighted by Gasteiger charge is 2.62. The number of carbonyl (C=O) groups is 4. The quantitative estimate of drug-likeness (QED) is 0.338. The molecule has 1 aromatic carbocycles. The minimum Gasteiger partial charge on any atom is -0.491 e. The van der Waals surface area contributed by atoms with Gasteiger partial charge in [-0.15, -0.1) is 6.58 Å². The molecular formula is C35H42N6O9S. The van der Waals surface area contributed by atoms with Crippen molar-refractivity contribution in [2.45, 2.75) is 74.9 Å². The largest absolute Gasteiger partial charge is 0.491 e.